The fraction of sp³-hybridized carbons (Fsp3) is 0.533. The van der Waals surface area contributed by atoms with E-state index in [2.05, 4.69) is 6.92 Å². The van der Waals surface area contributed by atoms with Gasteiger partial charge in [-0.2, -0.15) is 0 Å². The van der Waals surface area contributed by atoms with Gasteiger partial charge in [0.1, 0.15) is 5.82 Å². The molecule has 2 nitrogen and oxygen atoms in total. The minimum absolute atomic E-state index is 0.00728. The van der Waals surface area contributed by atoms with Crippen molar-refractivity contribution in [3.05, 3.63) is 35.6 Å². The molecular formula is C15H17FO2. The predicted molar refractivity (Wildman–Crippen MR) is 65.5 cm³/mol. The molecule has 0 heterocycles. The summed E-state index contributed by atoms with van der Waals surface area (Å²) in [6.07, 6.45) is 1.07. The Morgan fingerprint density at radius 1 is 1.33 bits per heavy atom. The lowest BCUT2D eigenvalue weighted by molar-refractivity contribution is -0.146. The van der Waals surface area contributed by atoms with Crippen LogP contribution < -0.4 is 0 Å². The zero-order chi connectivity index (χ0) is 12.9. The Morgan fingerprint density at radius 2 is 2.00 bits per heavy atom. The molecule has 0 bridgehead atoms. The van der Waals surface area contributed by atoms with Crippen LogP contribution in [0.1, 0.15) is 25.8 Å². The van der Waals surface area contributed by atoms with Gasteiger partial charge in [0.2, 0.25) is 0 Å². The fourth-order valence-electron chi connectivity index (χ4n) is 3.78. The van der Waals surface area contributed by atoms with Crippen molar-refractivity contribution in [3.8, 4) is 0 Å². The Hall–Kier alpha value is -1.38. The quantitative estimate of drug-likeness (QED) is 0.766. The van der Waals surface area contributed by atoms with E-state index < -0.39 is 0 Å². The largest absolute Gasteiger partial charge is 0.466 e. The summed E-state index contributed by atoms with van der Waals surface area (Å²) in [7, 11) is 0. The van der Waals surface area contributed by atoms with E-state index in [4.69, 9.17) is 4.74 Å². The highest BCUT2D eigenvalue weighted by Crippen LogP contribution is 2.85. The highest BCUT2D eigenvalue weighted by atomic mass is 19.1. The van der Waals surface area contributed by atoms with E-state index in [1.54, 1.807) is 0 Å². The molecule has 0 aromatic heterocycles. The van der Waals surface area contributed by atoms with Crippen molar-refractivity contribution in [1.82, 2.24) is 0 Å². The van der Waals surface area contributed by atoms with Crippen molar-refractivity contribution < 1.29 is 13.9 Å². The number of carbonyl (C=O) groups excluding carboxylic acids is 1. The normalized spacial score (nSPS) is 35.8. The number of hydrogen-bond donors (Lipinski definition) is 0. The Bertz CT molecular complexity index is 482. The fourth-order valence-corrected chi connectivity index (χ4v) is 3.78. The van der Waals surface area contributed by atoms with Gasteiger partial charge in [-0.1, -0.05) is 25.5 Å². The number of esters is 1. The molecular weight excluding hydrogens is 231 g/mol. The molecule has 3 heteroatoms. The topological polar surface area (TPSA) is 26.3 Å². The van der Waals surface area contributed by atoms with Crippen LogP contribution in [0.15, 0.2) is 24.3 Å². The van der Waals surface area contributed by atoms with Gasteiger partial charge in [0.05, 0.1) is 12.5 Å². The standard InChI is InChI=1S/C15H17FO2/c1-3-11-12-13(14(17)18-4-2)15(11,12)9-5-7-10(16)8-6-9/h5-8,11-13H,3-4H2,1-2H3/t11-,12?,13+,15?/m1/s1. The molecule has 2 aliphatic rings. The van der Waals surface area contributed by atoms with E-state index in [9.17, 15) is 9.18 Å². The number of halogens is 1. The third-order valence-electron chi connectivity index (χ3n) is 4.58. The first-order chi connectivity index (χ1) is 8.67. The molecule has 0 spiro atoms. The molecule has 2 fully saturated rings. The lowest BCUT2D eigenvalue weighted by Crippen LogP contribution is -2.22. The molecule has 18 heavy (non-hydrogen) atoms. The number of ether oxygens (including phenoxy) is 1. The van der Waals surface area contributed by atoms with Crippen LogP contribution in [-0.4, -0.2) is 12.6 Å². The third kappa shape index (κ3) is 1.30. The third-order valence-corrected chi connectivity index (χ3v) is 4.58. The van der Waals surface area contributed by atoms with Crippen LogP contribution in [0.3, 0.4) is 0 Å². The van der Waals surface area contributed by atoms with Crippen LogP contribution in [0.2, 0.25) is 0 Å². The number of carbonyl (C=O) groups is 1. The van der Waals surface area contributed by atoms with Crippen LogP contribution in [-0.2, 0) is 14.9 Å². The summed E-state index contributed by atoms with van der Waals surface area (Å²) in [5.41, 5.74) is 1.06. The molecule has 0 amide bonds. The number of hydrogen-bond acceptors (Lipinski definition) is 2. The molecule has 4 atom stereocenters. The first-order valence-electron chi connectivity index (χ1n) is 6.60. The maximum Gasteiger partial charge on any atom is 0.310 e. The SMILES string of the molecule is CCOC(=O)[C@@H]1C2[C@@H](CC)C21c1ccc(F)cc1. The van der Waals surface area contributed by atoms with E-state index >= 15 is 0 Å². The molecule has 2 aliphatic carbocycles. The van der Waals surface area contributed by atoms with E-state index in [-0.39, 0.29) is 23.1 Å². The second-order valence-electron chi connectivity index (χ2n) is 5.21. The molecule has 0 saturated heterocycles. The van der Waals surface area contributed by atoms with Crippen molar-refractivity contribution in [2.75, 3.05) is 6.61 Å². The molecule has 2 saturated carbocycles. The lowest BCUT2D eigenvalue weighted by Gasteiger charge is -2.17. The lowest BCUT2D eigenvalue weighted by atomic mass is 9.88. The Balaban J connectivity index is 1.85. The summed E-state index contributed by atoms with van der Waals surface area (Å²) >= 11 is 0. The highest BCUT2D eigenvalue weighted by Gasteiger charge is 2.88. The second-order valence-corrected chi connectivity index (χ2v) is 5.21. The highest BCUT2D eigenvalue weighted by molar-refractivity contribution is 5.84. The van der Waals surface area contributed by atoms with Gasteiger partial charge in [0.25, 0.3) is 0 Å². The molecule has 96 valence electrons. The van der Waals surface area contributed by atoms with Crippen LogP contribution in [0.25, 0.3) is 0 Å². The summed E-state index contributed by atoms with van der Waals surface area (Å²) in [6, 6.07) is 6.59. The summed E-state index contributed by atoms with van der Waals surface area (Å²) in [6.45, 7) is 4.40. The van der Waals surface area contributed by atoms with Crippen LogP contribution in [0.4, 0.5) is 4.39 Å². The van der Waals surface area contributed by atoms with Crippen molar-refractivity contribution in [2.45, 2.75) is 25.7 Å². The van der Waals surface area contributed by atoms with Crippen molar-refractivity contribution in [3.63, 3.8) is 0 Å². The minimum Gasteiger partial charge on any atom is -0.466 e. The molecule has 0 radical (unpaired) electrons. The average molecular weight is 248 g/mol. The molecule has 0 aliphatic heterocycles. The van der Waals surface area contributed by atoms with Gasteiger partial charge < -0.3 is 4.74 Å². The average Bonchev–Trinajstić information content (AvgIpc) is 3.19. The summed E-state index contributed by atoms with van der Waals surface area (Å²) < 4.78 is 18.1. The second kappa shape index (κ2) is 3.81. The summed E-state index contributed by atoms with van der Waals surface area (Å²) in [5, 5.41) is 0. The van der Waals surface area contributed by atoms with E-state index in [0.717, 1.165) is 12.0 Å². The monoisotopic (exact) mass is 248 g/mol. The zero-order valence-electron chi connectivity index (χ0n) is 10.7. The van der Waals surface area contributed by atoms with Crippen LogP contribution >= 0.6 is 0 Å². The molecule has 2 unspecified atom stereocenters. The zero-order valence-corrected chi connectivity index (χ0v) is 10.7. The first-order valence-corrected chi connectivity index (χ1v) is 6.60. The van der Waals surface area contributed by atoms with Crippen LogP contribution in [0.5, 0.6) is 0 Å². The van der Waals surface area contributed by atoms with E-state index in [1.807, 2.05) is 19.1 Å². The number of rotatable bonds is 4. The summed E-state index contributed by atoms with van der Waals surface area (Å²) in [5.74, 6) is 0.683. The smallest absolute Gasteiger partial charge is 0.310 e. The minimum atomic E-state index is -0.228. The van der Waals surface area contributed by atoms with Gasteiger partial charge in [-0.3, -0.25) is 4.79 Å². The van der Waals surface area contributed by atoms with Crippen molar-refractivity contribution >= 4 is 5.97 Å². The van der Waals surface area contributed by atoms with Crippen LogP contribution in [0, 0.1) is 23.6 Å². The van der Waals surface area contributed by atoms with Gasteiger partial charge >= 0.3 is 5.97 Å². The molecule has 1 aromatic rings. The van der Waals surface area contributed by atoms with Gasteiger partial charge in [-0.05, 0) is 36.5 Å². The van der Waals surface area contributed by atoms with Gasteiger partial charge in [0, 0.05) is 5.41 Å². The van der Waals surface area contributed by atoms with Crippen molar-refractivity contribution in [1.29, 1.82) is 0 Å². The van der Waals surface area contributed by atoms with E-state index in [1.165, 1.54) is 12.1 Å². The predicted octanol–water partition coefficient (Wildman–Crippen LogP) is 2.91. The van der Waals surface area contributed by atoms with Gasteiger partial charge in [0.15, 0.2) is 0 Å². The Kier molecular flexibility index (Phi) is 2.47. The maximum absolute atomic E-state index is 13.0. The number of fused-ring (bicyclic) bond motifs is 1. The first kappa shape index (κ1) is 11.7. The Labute approximate surface area is 106 Å². The molecule has 0 N–H and O–H groups in total. The molecule has 3 rings (SSSR count). The molecule has 1 aromatic carbocycles. The summed E-state index contributed by atoms with van der Waals surface area (Å²) in [4.78, 5) is 11.9. The Morgan fingerprint density at radius 3 is 2.56 bits per heavy atom. The van der Waals surface area contributed by atoms with Crippen molar-refractivity contribution in [2.24, 2.45) is 17.8 Å². The number of benzene rings is 1. The van der Waals surface area contributed by atoms with E-state index in [0.29, 0.717) is 18.4 Å². The van der Waals surface area contributed by atoms with Gasteiger partial charge in [-0.15, -0.1) is 0 Å². The maximum atomic E-state index is 13.0. The van der Waals surface area contributed by atoms with Gasteiger partial charge in [-0.25, -0.2) is 4.39 Å².